The Morgan fingerprint density at radius 3 is 2.47 bits per heavy atom. The minimum atomic E-state index is -4.58. The standard InChI is InChI=1S/C12H16F3N3O/c1-7(19)6-18(2)8-3-4-9(11(16)17)10(5-8)12(13,14)15/h3-5,7,19H,6H2,1-2H3,(H3,16,17). The van der Waals surface area contributed by atoms with E-state index in [1.165, 1.54) is 17.0 Å². The van der Waals surface area contributed by atoms with Crippen LogP contribution in [0, 0.1) is 5.41 Å². The minimum Gasteiger partial charge on any atom is -0.392 e. The number of alkyl halides is 3. The number of nitrogen functional groups attached to an aromatic ring is 1. The molecule has 1 aromatic rings. The summed E-state index contributed by atoms with van der Waals surface area (Å²) in [5.74, 6) is -0.628. The van der Waals surface area contributed by atoms with E-state index in [1.54, 1.807) is 14.0 Å². The Morgan fingerprint density at radius 1 is 1.47 bits per heavy atom. The second-order valence-corrected chi connectivity index (χ2v) is 4.37. The summed E-state index contributed by atoms with van der Waals surface area (Å²) in [4.78, 5) is 1.50. The number of nitrogens with two attached hydrogens (primary N) is 1. The summed E-state index contributed by atoms with van der Waals surface area (Å²) in [6, 6.07) is 3.53. The maximum Gasteiger partial charge on any atom is 0.417 e. The van der Waals surface area contributed by atoms with Crippen molar-refractivity contribution in [3.05, 3.63) is 29.3 Å². The highest BCUT2D eigenvalue weighted by Gasteiger charge is 2.34. The van der Waals surface area contributed by atoms with E-state index >= 15 is 0 Å². The maximum absolute atomic E-state index is 12.9. The number of nitrogens with zero attached hydrogens (tertiary/aromatic N) is 1. The van der Waals surface area contributed by atoms with Crippen molar-refractivity contribution in [1.82, 2.24) is 0 Å². The van der Waals surface area contributed by atoms with Gasteiger partial charge in [0.2, 0.25) is 0 Å². The van der Waals surface area contributed by atoms with Crippen molar-refractivity contribution in [2.24, 2.45) is 5.73 Å². The largest absolute Gasteiger partial charge is 0.417 e. The van der Waals surface area contributed by atoms with Crippen LogP contribution in [0.4, 0.5) is 18.9 Å². The first-order valence-corrected chi connectivity index (χ1v) is 5.57. The molecule has 0 saturated carbocycles. The molecule has 0 aromatic heterocycles. The number of halogens is 3. The fourth-order valence-electron chi connectivity index (χ4n) is 1.74. The summed E-state index contributed by atoms with van der Waals surface area (Å²) in [5, 5.41) is 16.4. The van der Waals surface area contributed by atoms with Crippen molar-refractivity contribution < 1.29 is 18.3 Å². The molecule has 0 aliphatic heterocycles. The molecule has 1 unspecified atom stereocenters. The van der Waals surface area contributed by atoms with Crippen molar-refractivity contribution >= 4 is 11.5 Å². The summed E-state index contributed by atoms with van der Waals surface area (Å²) < 4.78 is 38.7. The van der Waals surface area contributed by atoms with Crippen LogP contribution in [0.25, 0.3) is 0 Å². The molecule has 0 aliphatic rings. The van der Waals surface area contributed by atoms with Gasteiger partial charge in [-0.3, -0.25) is 5.41 Å². The van der Waals surface area contributed by atoms with Gasteiger partial charge in [0.05, 0.1) is 11.7 Å². The number of hydrogen-bond acceptors (Lipinski definition) is 3. The monoisotopic (exact) mass is 275 g/mol. The van der Waals surface area contributed by atoms with Crippen LogP contribution < -0.4 is 10.6 Å². The van der Waals surface area contributed by atoms with Crippen LogP contribution in [-0.4, -0.2) is 30.6 Å². The highest BCUT2D eigenvalue weighted by Crippen LogP contribution is 2.34. The molecule has 4 nitrogen and oxygen atoms in total. The Kier molecular flexibility index (Phi) is 4.41. The molecule has 0 amide bonds. The van der Waals surface area contributed by atoms with Crippen LogP contribution in [-0.2, 0) is 6.18 Å². The Morgan fingerprint density at radius 2 is 2.05 bits per heavy atom. The van der Waals surface area contributed by atoms with E-state index in [0.29, 0.717) is 5.69 Å². The molecule has 19 heavy (non-hydrogen) atoms. The van der Waals surface area contributed by atoms with Gasteiger partial charge in [0.15, 0.2) is 0 Å². The first-order chi connectivity index (χ1) is 8.62. The zero-order valence-electron chi connectivity index (χ0n) is 10.6. The minimum absolute atomic E-state index is 0.205. The highest BCUT2D eigenvalue weighted by molar-refractivity contribution is 5.97. The molecule has 7 heteroatoms. The van der Waals surface area contributed by atoms with E-state index in [2.05, 4.69) is 0 Å². The van der Waals surface area contributed by atoms with E-state index in [1.807, 2.05) is 0 Å². The number of hydrogen-bond donors (Lipinski definition) is 3. The fourth-order valence-corrected chi connectivity index (χ4v) is 1.74. The molecule has 0 aliphatic carbocycles. The SMILES string of the molecule is CC(O)CN(C)c1ccc(C(=N)N)c(C(F)(F)F)c1. The summed E-state index contributed by atoms with van der Waals surface area (Å²) in [7, 11) is 1.58. The van der Waals surface area contributed by atoms with Crippen molar-refractivity contribution in [3.8, 4) is 0 Å². The van der Waals surface area contributed by atoms with Crippen molar-refractivity contribution in [2.75, 3.05) is 18.5 Å². The fraction of sp³-hybridized carbons (Fsp3) is 0.417. The lowest BCUT2D eigenvalue weighted by Crippen LogP contribution is -2.27. The third-order valence-corrected chi connectivity index (χ3v) is 2.58. The lowest BCUT2D eigenvalue weighted by molar-refractivity contribution is -0.137. The maximum atomic E-state index is 12.9. The van der Waals surface area contributed by atoms with Gasteiger partial charge in [-0.1, -0.05) is 0 Å². The summed E-state index contributed by atoms with van der Waals surface area (Å²) in [6.45, 7) is 1.75. The van der Waals surface area contributed by atoms with Gasteiger partial charge in [0.25, 0.3) is 0 Å². The second kappa shape index (κ2) is 5.48. The quantitative estimate of drug-likeness (QED) is 0.579. The van der Waals surface area contributed by atoms with Crippen LogP contribution in [0.5, 0.6) is 0 Å². The van der Waals surface area contributed by atoms with Crippen LogP contribution in [0.1, 0.15) is 18.1 Å². The smallest absolute Gasteiger partial charge is 0.392 e. The van der Waals surface area contributed by atoms with E-state index in [0.717, 1.165) is 6.07 Å². The van der Waals surface area contributed by atoms with E-state index in [-0.39, 0.29) is 12.1 Å². The van der Waals surface area contributed by atoms with E-state index < -0.39 is 23.7 Å². The number of benzene rings is 1. The molecule has 106 valence electrons. The highest BCUT2D eigenvalue weighted by atomic mass is 19.4. The van der Waals surface area contributed by atoms with Gasteiger partial charge in [-0.2, -0.15) is 13.2 Å². The third-order valence-electron chi connectivity index (χ3n) is 2.58. The average molecular weight is 275 g/mol. The van der Waals surface area contributed by atoms with Crippen LogP contribution >= 0.6 is 0 Å². The van der Waals surface area contributed by atoms with E-state index in [9.17, 15) is 18.3 Å². The topological polar surface area (TPSA) is 73.3 Å². The zero-order chi connectivity index (χ0) is 14.8. The lowest BCUT2D eigenvalue weighted by Gasteiger charge is -2.23. The molecule has 0 saturated heterocycles. The first-order valence-electron chi connectivity index (χ1n) is 5.57. The molecule has 0 spiro atoms. The number of anilines is 1. The Hall–Kier alpha value is -1.76. The van der Waals surface area contributed by atoms with Gasteiger partial charge in [0, 0.05) is 24.8 Å². The van der Waals surface area contributed by atoms with Gasteiger partial charge >= 0.3 is 6.18 Å². The number of nitrogens with one attached hydrogen (secondary N) is 1. The summed E-state index contributed by atoms with van der Waals surface area (Å²) in [6.07, 6.45) is -5.24. The average Bonchev–Trinajstić information content (AvgIpc) is 2.25. The zero-order valence-corrected chi connectivity index (χ0v) is 10.6. The first kappa shape index (κ1) is 15.3. The Balaban J connectivity index is 3.22. The predicted octanol–water partition coefficient (Wildman–Crippen LogP) is 1.81. The van der Waals surface area contributed by atoms with Gasteiger partial charge < -0.3 is 15.7 Å². The van der Waals surface area contributed by atoms with Crippen molar-refractivity contribution in [3.63, 3.8) is 0 Å². The van der Waals surface area contributed by atoms with Crippen molar-refractivity contribution in [1.29, 1.82) is 5.41 Å². The van der Waals surface area contributed by atoms with Crippen LogP contribution in [0.2, 0.25) is 0 Å². The molecular weight excluding hydrogens is 259 g/mol. The number of amidine groups is 1. The van der Waals surface area contributed by atoms with Crippen LogP contribution in [0.3, 0.4) is 0 Å². The molecule has 0 radical (unpaired) electrons. The molecule has 1 atom stereocenters. The van der Waals surface area contributed by atoms with Gasteiger partial charge in [-0.25, -0.2) is 0 Å². The number of likely N-dealkylation sites (N-methyl/N-ethyl adjacent to an activating group) is 1. The third kappa shape index (κ3) is 3.85. The second-order valence-electron chi connectivity index (χ2n) is 4.37. The van der Waals surface area contributed by atoms with Gasteiger partial charge in [-0.15, -0.1) is 0 Å². The van der Waals surface area contributed by atoms with Gasteiger partial charge in [-0.05, 0) is 25.1 Å². The molecule has 1 aromatic carbocycles. The normalized spacial score (nSPS) is 13.2. The molecular formula is C12H16F3N3O. The number of aliphatic hydroxyl groups excluding tert-OH is 1. The Bertz CT molecular complexity index is 472. The number of rotatable bonds is 4. The number of aliphatic hydroxyl groups is 1. The molecule has 0 fully saturated rings. The summed E-state index contributed by atoms with van der Waals surface area (Å²) in [5.41, 5.74) is 4.16. The van der Waals surface area contributed by atoms with E-state index in [4.69, 9.17) is 11.1 Å². The van der Waals surface area contributed by atoms with Crippen molar-refractivity contribution in [2.45, 2.75) is 19.2 Å². The molecule has 0 bridgehead atoms. The summed E-state index contributed by atoms with van der Waals surface area (Å²) >= 11 is 0. The van der Waals surface area contributed by atoms with Gasteiger partial charge in [0.1, 0.15) is 5.84 Å². The molecule has 4 N–H and O–H groups in total. The molecule has 1 rings (SSSR count). The Labute approximate surface area is 109 Å². The lowest BCUT2D eigenvalue weighted by atomic mass is 10.0. The van der Waals surface area contributed by atoms with Crippen LogP contribution in [0.15, 0.2) is 18.2 Å². The predicted molar refractivity (Wildman–Crippen MR) is 67.4 cm³/mol. The molecule has 0 heterocycles.